The molecule has 0 radical (unpaired) electrons. The summed E-state index contributed by atoms with van der Waals surface area (Å²) in [4.78, 5) is 12.3. The number of guanidine groups is 1. The summed E-state index contributed by atoms with van der Waals surface area (Å²) in [7, 11) is 4.41. The van der Waals surface area contributed by atoms with Gasteiger partial charge in [0.2, 0.25) is 0 Å². The smallest absolute Gasteiger partial charge is 0.191 e. The fourth-order valence-corrected chi connectivity index (χ4v) is 4.22. The summed E-state index contributed by atoms with van der Waals surface area (Å²) in [5.41, 5.74) is 1.33. The van der Waals surface area contributed by atoms with Crippen LogP contribution >= 0.6 is 35.6 Å². The summed E-state index contributed by atoms with van der Waals surface area (Å²) in [6.45, 7) is 10.4. The number of benzene rings is 1. The van der Waals surface area contributed by atoms with Gasteiger partial charge in [0.05, 0.1) is 6.54 Å². The maximum atomic E-state index is 5.99. The fourth-order valence-electron chi connectivity index (χ4n) is 4.09. The molecular weight excluding hydrogens is 511 g/mol. The van der Waals surface area contributed by atoms with Crippen molar-refractivity contribution in [3.63, 3.8) is 0 Å². The van der Waals surface area contributed by atoms with Gasteiger partial charge >= 0.3 is 0 Å². The minimum absolute atomic E-state index is 0. The van der Waals surface area contributed by atoms with Gasteiger partial charge in [0.15, 0.2) is 5.96 Å². The molecule has 0 spiro atoms. The Bertz CT molecular complexity index is 648. The number of halogens is 2. The van der Waals surface area contributed by atoms with Crippen LogP contribution in [-0.2, 0) is 6.54 Å². The summed E-state index contributed by atoms with van der Waals surface area (Å²) in [6.07, 6.45) is 2.29. The largest absolute Gasteiger partial charge is 0.357 e. The van der Waals surface area contributed by atoms with Crippen molar-refractivity contribution in [1.82, 2.24) is 25.3 Å². The molecule has 0 saturated carbocycles. The molecule has 0 bridgehead atoms. The third kappa shape index (κ3) is 8.15. The molecule has 3 rings (SSSR count). The molecule has 2 N–H and O–H groups in total. The highest BCUT2D eigenvalue weighted by Crippen LogP contribution is 2.16. The van der Waals surface area contributed by atoms with E-state index in [0.29, 0.717) is 12.1 Å². The number of nitrogens with zero attached hydrogens (tertiary/aromatic N) is 4. The molecule has 2 saturated heterocycles. The van der Waals surface area contributed by atoms with Crippen molar-refractivity contribution < 1.29 is 0 Å². The van der Waals surface area contributed by atoms with E-state index in [1.165, 1.54) is 5.56 Å². The summed E-state index contributed by atoms with van der Waals surface area (Å²) >= 11 is 5.99. The normalized spacial score (nSPS) is 22.5. The van der Waals surface area contributed by atoms with Crippen LogP contribution in [-0.4, -0.2) is 92.7 Å². The lowest BCUT2D eigenvalue weighted by atomic mass is 10.0. The number of hydrogen-bond donors (Lipinski definition) is 2. The Kier molecular flexibility index (Phi) is 11.2. The first-order valence-electron chi connectivity index (χ1n) is 10.9. The zero-order chi connectivity index (χ0) is 20.6. The molecule has 2 fully saturated rings. The van der Waals surface area contributed by atoms with Gasteiger partial charge in [-0.1, -0.05) is 23.7 Å². The molecule has 2 aliphatic heterocycles. The van der Waals surface area contributed by atoms with E-state index in [-0.39, 0.29) is 24.0 Å². The van der Waals surface area contributed by atoms with E-state index in [1.807, 2.05) is 12.1 Å². The van der Waals surface area contributed by atoms with Crippen molar-refractivity contribution in [2.24, 2.45) is 4.99 Å². The minimum atomic E-state index is 0. The van der Waals surface area contributed by atoms with E-state index in [2.05, 4.69) is 58.5 Å². The van der Waals surface area contributed by atoms with Crippen molar-refractivity contribution in [2.45, 2.75) is 38.4 Å². The SMILES string of the molecule is CCNC(=NCC1CN(C)CCN1C)NC1CCN(Cc2ccc(Cl)cc2)CC1.I. The third-order valence-electron chi connectivity index (χ3n) is 6.03. The Morgan fingerprint density at radius 3 is 2.47 bits per heavy atom. The number of piperazine rings is 1. The van der Waals surface area contributed by atoms with Gasteiger partial charge in [-0.05, 0) is 51.6 Å². The third-order valence-corrected chi connectivity index (χ3v) is 6.28. The average Bonchev–Trinajstić information content (AvgIpc) is 2.72. The monoisotopic (exact) mass is 548 g/mol. The Morgan fingerprint density at radius 1 is 1.10 bits per heavy atom. The summed E-state index contributed by atoms with van der Waals surface area (Å²) in [6, 6.07) is 9.19. The lowest BCUT2D eigenvalue weighted by Gasteiger charge is -2.37. The van der Waals surface area contributed by atoms with Gasteiger partial charge in [0.25, 0.3) is 0 Å². The summed E-state index contributed by atoms with van der Waals surface area (Å²) in [5, 5.41) is 7.91. The molecule has 0 aliphatic carbocycles. The Hall–Kier alpha value is -0.610. The van der Waals surface area contributed by atoms with Gasteiger partial charge < -0.3 is 15.5 Å². The standard InChI is InChI=1S/C22H37ClN6.HI/c1-4-24-22(25-15-21-17-27(2)13-14-28(21)3)26-20-9-11-29(12-10-20)16-18-5-7-19(23)8-6-18;/h5-8,20-21H,4,9-17H2,1-3H3,(H2,24,25,26);1H. The van der Waals surface area contributed by atoms with Crippen LogP contribution in [0.15, 0.2) is 29.3 Å². The van der Waals surface area contributed by atoms with Crippen LogP contribution in [0.4, 0.5) is 0 Å². The lowest BCUT2D eigenvalue weighted by Crippen LogP contribution is -2.52. The first kappa shape index (κ1) is 25.6. The van der Waals surface area contributed by atoms with Crippen LogP contribution in [0, 0.1) is 0 Å². The molecule has 0 aromatic heterocycles. The van der Waals surface area contributed by atoms with Gasteiger partial charge in [0.1, 0.15) is 0 Å². The Labute approximate surface area is 204 Å². The van der Waals surface area contributed by atoms with Crippen LogP contribution in [0.1, 0.15) is 25.3 Å². The second-order valence-corrected chi connectivity index (χ2v) is 8.87. The van der Waals surface area contributed by atoms with E-state index in [4.69, 9.17) is 16.6 Å². The van der Waals surface area contributed by atoms with Crippen LogP contribution in [0.25, 0.3) is 0 Å². The molecule has 2 heterocycles. The predicted octanol–water partition coefficient (Wildman–Crippen LogP) is 2.72. The number of hydrogen-bond acceptors (Lipinski definition) is 4. The van der Waals surface area contributed by atoms with Gasteiger partial charge in [0, 0.05) is 62.9 Å². The number of aliphatic imine (C=N–C) groups is 1. The summed E-state index contributed by atoms with van der Waals surface area (Å²) < 4.78 is 0. The van der Waals surface area contributed by atoms with Crippen molar-refractivity contribution in [1.29, 1.82) is 0 Å². The maximum Gasteiger partial charge on any atom is 0.191 e. The van der Waals surface area contributed by atoms with Gasteiger partial charge in [-0.25, -0.2) is 0 Å². The second kappa shape index (κ2) is 13.1. The zero-order valence-corrected chi connectivity index (χ0v) is 21.7. The number of likely N-dealkylation sites (N-methyl/N-ethyl adjacent to an activating group) is 2. The molecule has 6 nitrogen and oxygen atoms in total. The molecule has 1 unspecified atom stereocenters. The van der Waals surface area contributed by atoms with Crippen molar-refractivity contribution >= 4 is 41.5 Å². The van der Waals surface area contributed by atoms with Crippen LogP contribution in [0.3, 0.4) is 0 Å². The predicted molar refractivity (Wildman–Crippen MR) is 138 cm³/mol. The first-order chi connectivity index (χ1) is 14.0. The van der Waals surface area contributed by atoms with Gasteiger partial charge in [-0.2, -0.15) is 0 Å². The number of piperidine rings is 1. The van der Waals surface area contributed by atoms with Crippen LogP contribution < -0.4 is 10.6 Å². The highest BCUT2D eigenvalue weighted by atomic mass is 127. The van der Waals surface area contributed by atoms with Gasteiger partial charge in [-0.3, -0.25) is 14.8 Å². The zero-order valence-electron chi connectivity index (χ0n) is 18.6. The molecule has 170 valence electrons. The summed E-state index contributed by atoms with van der Waals surface area (Å²) in [5.74, 6) is 0.963. The average molecular weight is 549 g/mol. The van der Waals surface area contributed by atoms with Crippen LogP contribution in [0.5, 0.6) is 0 Å². The molecular formula is C22H38ClIN6. The van der Waals surface area contributed by atoms with Crippen molar-refractivity contribution in [3.8, 4) is 0 Å². The highest BCUT2D eigenvalue weighted by Gasteiger charge is 2.23. The number of rotatable bonds is 6. The highest BCUT2D eigenvalue weighted by molar-refractivity contribution is 14.0. The molecule has 1 aromatic carbocycles. The van der Waals surface area contributed by atoms with Gasteiger partial charge in [-0.15, -0.1) is 24.0 Å². The topological polar surface area (TPSA) is 46.1 Å². The quantitative estimate of drug-likeness (QED) is 0.325. The number of likely N-dealkylation sites (tertiary alicyclic amines) is 1. The van der Waals surface area contributed by atoms with E-state index >= 15 is 0 Å². The molecule has 0 amide bonds. The van der Waals surface area contributed by atoms with E-state index in [0.717, 1.165) is 76.2 Å². The van der Waals surface area contributed by atoms with Crippen molar-refractivity contribution in [2.75, 3.05) is 59.9 Å². The van der Waals surface area contributed by atoms with E-state index in [9.17, 15) is 0 Å². The van der Waals surface area contributed by atoms with Crippen molar-refractivity contribution in [3.05, 3.63) is 34.9 Å². The molecule has 2 aliphatic rings. The van der Waals surface area contributed by atoms with Crippen LogP contribution in [0.2, 0.25) is 5.02 Å². The Balaban J connectivity index is 0.00000320. The Morgan fingerprint density at radius 2 is 1.80 bits per heavy atom. The van der Waals surface area contributed by atoms with E-state index < -0.39 is 0 Å². The minimum Gasteiger partial charge on any atom is -0.357 e. The molecule has 8 heteroatoms. The molecule has 30 heavy (non-hydrogen) atoms. The fraction of sp³-hybridized carbons (Fsp3) is 0.682. The molecule has 1 atom stereocenters. The second-order valence-electron chi connectivity index (χ2n) is 8.44. The molecule has 1 aromatic rings. The lowest BCUT2D eigenvalue weighted by molar-refractivity contribution is 0.119. The van der Waals surface area contributed by atoms with E-state index in [1.54, 1.807) is 0 Å². The number of nitrogens with one attached hydrogen (secondary N) is 2. The first-order valence-corrected chi connectivity index (χ1v) is 11.3. The maximum absolute atomic E-state index is 5.99.